The van der Waals surface area contributed by atoms with E-state index in [1.54, 1.807) is 0 Å². The molecule has 0 aliphatic rings. The average molecular weight is 655 g/mol. The first-order chi connectivity index (χ1) is 21.6. The van der Waals surface area contributed by atoms with Crippen LogP contribution in [0.1, 0.15) is 191 Å². The molecule has 0 aliphatic heterocycles. The Kier molecular flexibility index (Phi) is 27.0. The second kappa shape index (κ2) is 27.0. The van der Waals surface area contributed by atoms with E-state index >= 15 is 0 Å². The summed E-state index contributed by atoms with van der Waals surface area (Å²) in [6, 6.07) is 0. The Morgan fingerprint density at radius 1 is 0.400 bits per heavy atom. The number of hydrogen-bond acceptors (Lipinski definition) is 3. The van der Waals surface area contributed by atoms with Crippen LogP contribution in [-0.2, 0) is 13.3 Å². The Hall–Kier alpha value is 0.0969. The van der Waals surface area contributed by atoms with Gasteiger partial charge in [-0.15, -0.1) is 0 Å². The van der Waals surface area contributed by atoms with Crippen molar-refractivity contribution < 1.29 is 13.3 Å². The van der Waals surface area contributed by atoms with E-state index in [1.165, 1.54) is 109 Å². The molecule has 0 heterocycles. The zero-order chi connectivity index (χ0) is 34.3. The first-order valence-electron chi connectivity index (χ1n) is 20.3. The standard InChI is InChI=1S/C41H86O3Si/c1-14-20-24-29-37(19-6)33(7)38(30-25-21-15-2)34(8)39(31-26-22-16-3)35(9)40(32-27-23-17-4)36(10)41(28-18-5)45(42-11,43-12)44-13/h33-41H,14-32H2,1-13H3. The summed E-state index contributed by atoms with van der Waals surface area (Å²) in [4.78, 5) is 0. The van der Waals surface area contributed by atoms with Gasteiger partial charge >= 0.3 is 8.80 Å². The lowest BCUT2D eigenvalue weighted by Gasteiger charge is -2.46. The highest BCUT2D eigenvalue weighted by molar-refractivity contribution is 6.62. The molecule has 0 N–H and O–H groups in total. The van der Waals surface area contributed by atoms with Gasteiger partial charge in [-0.25, -0.2) is 0 Å². The van der Waals surface area contributed by atoms with Crippen molar-refractivity contribution in [3.8, 4) is 0 Å². The molecule has 0 aliphatic carbocycles. The van der Waals surface area contributed by atoms with Crippen molar-refractivity contribution in [3.63, 3.8) is 0 Å². The lowest BCUT2D eigenvalue weighted by molar-refractivity contribution is 0.0424. The Morgan fingerprint density at radius 2 is 0.756 bits per heavy atom. The first-order valence-corrected chi connectivity index (χ1v) is 22.1. The molecular formula is C41H86O3Si. The van der Waals surface area contributed by atoms with Gasteiger partial charge in [0.25, 0.3) is 0 Å². The second-order valence-electron chi connectivity index (χ2n) is 15.2. The van der Waals surface area contributed by atoms with Crippen molar-refractivity contribution in [2.45, 2.75) is 197 Å². The molecule has 0 aromatic heterocycles. The van der Waals surface area contributed by atoms with Gasteiger partial charge in [-0.05, 0) is 73.0 Å². The molecule has 0 saturated carbocycles. The van der Waals surface area contributed by atoms with E-state index in [9.17, 15) is 0 Å². The maximum Gasteiger partial charge on any atom is 0.503 e. The normalized spacial score (nSPS) is 18.6. The van der Waals surface area contributed by atoms with E-state index in [4.69, 9.17) is 13.3 Å². The smallest absolute Gasteiger partial charge is 0.377 e. The molecule has 9 atom stereocenters. The van der Waals surface area contributed by atoms with Gasteiger partial charge in [-0.2, -0.15) is 0 Å². The third kappa shape index (κ3) is 15.0. The zero-order valence-electron chi connectivity index (χ0n) is 33.4. The summed E-state index contributed by atoms with van der Waals surface area (Å²) in [5, 5.41) is 0. The molecule has 0 rings (SSSR count). The van der Waals surface area contributed by atoms with Gasteiger partial charge in [-0.3, -0.25) is 0 Å². The van der Waals surface area contributed by atoms with Crippen LogP contribution in [0.4, 0.5) is 0 Å². The molecule has 0 fully saturated rings. The van der Waals surface area contributed by atoms with Crippen molar-refractivity contribution in [3.05, 3.63) is 0 Å². The highest BCUT2D eigenvalue weighted by Gasteiger charge is 2.51. The van der Waals surface area contributed by atoms with Gasteiger partial charge < -0.3 is 13.3 Å². The summed E-state index contributed by atoms with van der Waals surface area (Å²) >= 11 is 0. The minimum absolute atomic E-state index is 0.338. The summed E-state index contributed by atoms with van der Waals surface area (Å²) < 4.78 is 18.6. The third-order valence-electron chi connectivity index (χ3n) is 12.5. The molecule has 0 amide bonds. The van der Waals surface area contributed by atoms with Crippen LogP contribution in [0.3, 0.4) is 0 Å². The molecule has 0 aromatic carbocycles. The van der Waals surface area contributed by atoms with Crippen LogP contribution < -0.4 is 0 Å². The summed E-state index contributed by atoms with van der Waals surface area (Å²) in [7, 11) is 2.70. The average Bonchev–Trinajstić information content (AvgIpc) is 3.05. The van der Waals surface area contributed by atoms with E-state index in [0.29, 0.717) is 23.3 Å². The maximum atomic E-state index is 6.21. The first kappa shape index (κ1) is 45.1. The van der Waals surface area contributed by atoms with E-state index in [0.717, 1.165) is 42.4 Å². The lowest BCUT2D eigenvalue weighted by Crippen LogP contribution is -2.51. The molecule has 3 nitrogen and oxygen atoms in total. The second-order valence-corrected chi connectivity index (χ2v) is 18.4. The Balaban J connectivity index is 6.75. The molecule has 0 spiro atoms. The lowest BCUT2D eigenvalue weighted by atomic mass is 9.61. The largest absolute Gasteiger partial charge is 0.503 e. The number of hydrogen-bond donors (Lipinski definition) is 0. The number of unbranched alkanes of at least 4 members (excludes halogenated alkanes) is 8. The van der Waals surface area contributed by atoms with Gasteiger partial charge in [0.2, 0.25) is 0 Å². The van der Waals surface area contributed by atoms with Gasteiger partial charge in [0.15, 0.2) is 0 Å². The van der Waals surface area contributed by atoms with Crippen molar-refractivity contribution in [1.82, 2.24) is 0 Å². The Labute approximate surface area is 286 Å². The summed E-state index contributed by atoms with van der Waals surface area (Å²) in [6.07, 6.45) is 25.3. The van der Waals surface area contributed by atoms with E-state index < -0.39 is 8.80 Å². The highest BCUT2D eigenvalue weighted by atomic mass is 28.4. The number of rotatable bonds is 31. The summed E-state index contributed by atoms with van der Waals surface area (Å²) in [6.45, 7) is 24.8. The molecule has 4 heteroatoms. The van der Waals surface area contributed by atoms with E-state index in [2.05, 4.69) is 69.2 Å². The van der Waals surface area contributed by atoms with Crippen LogP contribution in [-0.4, -0.2) is 30.1 Å². The minimum Gasteiger partial charge on any atom is -0.377 e. The molecule has 0 saturated heterocycles. The fourth-order valence-corrected chi connectivity index (χ4v) is 12.4. The van der Waals surface area contributed by atoms with Gasteiger partial charge in [-0.1, -0.05) is 166 Å². The Morgan fingerprint density at radius 3 is 1.09 bits per heavy atom. The van der Waals surface area contributed by atoms with Crippen LogP contribution >= 0.6 is 0 Å². The van der Waals surface area contributed by atoms with Crippen LogP contribution in [0.2, 0.25) is 5.54 Å². The summed E-state index contributed by atoms with van der Waals surface area (Å²) in [5.41, 5.74) is 0.338. The van der Waals surface area contributed by atoms with Gasteiger partial charge in [0.05, 0.1) is 0 Å². The molecule has 45 heavy (non-hydrogen) atoms. The predicted octanol–water partition coefficient (Wildman–Crippen LogP) is 13.8. The van der Waals surface area contributed by atoms with Crippen LogP contribution in [0, 0.1) is 47.3 Å². The quantitative estimate of drug-likeness (QED) is 0.0550. The fourth-order valence-electron chi connectivity index (χ4n) is 9.46. The highest BCUT2D eigenvalue weighted by Crippen LogP contribution is 2.49. The van der Waals surface area contributed by atoms with Crippen LogP contribution in [0.5, 0.6) is 0 Å². The third-order valence-corrected chi connectivity index (χ3v) is 15.9. The fraction of sp³-hybridized carbons (Fsp3) is 1.00. The van der Waals surface area contributed by atoms with Crippen molar-refractivity contribution in [2.75, 3.05) is 21.3 Å². The zero-order valence-corrected chi connectivity index (χ0v) is 34.4. The molecular weight excluding hydrogens is 569 g/mol. The van der Waals surface area contributed by atoms with E-state index in [-0.39, 0.29) is 0 Å². The van der Waals surface area contributed by atoms with Crippen LogP contribution in [0.25, 0.3) is 0 Å². The molecule has 0 radical (unpaired) electrons. The van der Waals surface area contributed by atoms with Crippen molar-refractivity contribution in [2.24, 2.45) is 47.3 Å². The summed E-state index contributed by atoms with van der Waals surface area (Å²) in [5.74, 6) is 5.86. The SMILES string of the molecule is CCCCCC(CC)C(C)C(CCCCC)C(C)C(CCCCC)C(C)C(CCCCC)C(C)C(CCC)[Si](OC)(OC)OC. The van der Waals surface area contributed by atoms with E-state index in [1.807, 2.05) is 21.3 Å². The van der Waals surface area contributed by atoms with Crippen LogP contribution in [0.15, 0.2) is 0 Å². The van der Waals surface area contributed by atoms with Crippen molar-refractivity contribution in [1.29, 1.82) is 0 Å². The monoisotopic (exact) mass is 655 g/mol. The predicted molar refractivity (Wildman–Crippen MR) is 203 cm³/mol. The Bertz CT molecular complexity index is 644. The van der Waals surface area contributed by atoms with Crippen molar-refractivity contribution >= 4 is 8.80 Å². The maximum absolute atomic E-state index is 6.21. The molecule has 0 bridgehead atoms. The molecule has 272 valence electrons. The molecule has 9 unspecified atom stereocenters. The topological polar surface area (TPSA) is 27.7 Å². The minimum atomic E-state index is -2.78. The molecule has 0 aromatic rings. The van der Waals surface area contributed by atoms with Gasteiger partial charge in [0.1, 0.15) is 0 Å². The van der Waals surface area contributed by atoms with Gasteiger partial charge in [0, 0.05) is 26.9 Å².